The number of amides is 1. The molecule has 0 fully saturated rings. The minimum absolute atomic E-state index is 0.160. The summed E-state index contributed by atoms with van der Waals surface area (Å²) in [5.74, 6) is 1.33. The second-order valence-electron chi connectivity index (χ2n) is 6.64. The number of methoxy groups -OCH3 is 1. The molecule has 0 saturated carbocycles. The standard InChI is InChI=1S/C22H18ClN5O2S/c1-13-3-6-15(9-18(13)23)27-19(29)11-31-22-17-10-24-20(28-21(17)25-12-26-22)14-4-7-16(30-2)8-5-14/h3-10,12H,11H2,1-2H3,(H,27,29). The predicted molar refractivity (Wildman–Crippen MR) is 123 cm³/mol. The van der Waals surface area contributed by atoms with Crippen LogP contribution in [0.5, 0.6) is 5.75 Å². The van der Waals surface area contributed by atoms with Crippen molar-refractivity contribution >= 4 is 46.0 Å². The maximum Gasteiger partial charge on any atom is 0.234 e. The van der Waals surface area contributed by atoms with Crippen molar-refractivity contribution in [3.05, 3.63) is 65.6 Å². The van der Waals surface area contributed by atoms with Crippen molar-refractivity contribution in [2.45, 2.75) is 11.9 Å². The fourth-order valence-corrected chi connectivity index (χ4v) is 3.77. The first-order valence-electron chi connectivity index (χ1n) is 9.34. The Kier molecular flexibility index (Phi) is 6.29. The van der Waals surface area contributed by atoms with Crippen molar-refractivity contribution in [3.63, 3.8) is 0 Å². The van der Waals surface area contributed by atoms with Crippen LogP contribution < -0.4 is 10.1 Å². The molecule has 0 saturated heterocycles. The molecule has 4 aromatic rings. The van der Waals surface area contributed by atoms with E-state index in [1.807, 2.05) is 43.3 Å². The summed E-state index contributed by atoms with van der Waals surface area (Å²) in [6.45, 7) is 1.91. The zero-order valence-corrected chi connectivity index (χ0v) is 18.4. The van der Waals surface area contributed by atoms with Crippen molar-refractivity contribution in [2.24, 2.45) is 0 Å². The number of aromatic nitrogens is 4. The number of hydrogen-bond acceptors (Lipinski definition) is 7. The van der Waals surface area contributed by atoms with Crippen molar-refractivity contribution < 1.29 is 9.53 Å². The summed E-state index contributed by atoms with van der Waals surface area (Å²) in [5, 5.41) is 4.78. The first kappa shape index (κ1) is 21.0. The number of nitrogens with one attached hydrogen (secondary N) is 1. The van der Waals surface area contributed by atoms with Crippen LogP contribution in [0.1, 0.15) is 5.56 Å². The fraction of sp³-hybridized carbons (Fsp3) is 0.136. The van der Waals surface area contributed by atoms with Gasteiger partial charge in [0.2, 0.25) is 5.91 Å². The molecule has 0 bridgehead atoms. The fourth-order valence-electron chi connectivity index (χ4n) is 2.82. The molecule has 31 heavy (non-hydrogen) atoms. The summed E-state index contributed by atoms with van der Waals surface area (Å²) >= 11 is 7.41. The molecule has 9 heteroatoms. The van der Waals surface area contributed by atoms with Gasteiger partial charge in [0.05, 0.1) is 18.2 Å². The van der Waals surface area contributed by atoms with Gasteiger partial charge in [0.1, 0.15) is 17.1 Å². The third-order valence-corrected chi connectivity index (χ3v) is 5.91. The molecule has 4 rings (SSSR count). The molecule has 0 atom stereocenters. The van der Waals surface area contributed by atoms with Crippen molar-refractivity contribution in [2.75, 3.05) is 18.2 Å². The number of hydrogen-bond donors (Lipinski definition) is 1. The van der Waals surface area contributed by atoms with Gasteiger partial charge in [-0.05, 0) is 48.9 Å². The Morgan fingerprint density at radius 1 is 1.13 bits per heavy atom. The molecule has 0 radical (unpaired) electrons. The Labute approximate surface area is 188 Å². The molecular formula is C22H18ClN5O2S. The van der Waals surface area contributed by atoms with E-state index in [1.165, 1.54) is 18.1 Å². The second kappa shape index (κ2) is 9.28. The molecule has 2 aromatic heterocycles. The second-order valence-corrected chi connectivity index (χ2v) is 8.01. The van der Waals surface area contributed by atoms with Crippen molar-refractivity contribution in [1.29, 1.82) is 0 Å². The van der Waals surface area contributed by atoms with Gasteiger partial charge in [0, 0.05) is 22.5 Å². The van der Waals surface area contributed by atoms with Crippen molar-refractivity contribution in [3.8, 4) is 17.1 Å². The highest BCUT2D eigenvalue weighted by Crippen LogP contribution is 2.26. The van der Waals surface area contributed by atoms with Crippen LogP contribution in [0.25, 0.3) is 22.4 Å². The van der Waals surface area contributed by atoms with E-state index in [-0.39, 0.29) is 11.7 Å². The van der Waals surface area contributed by atoms with Crippen molar-refractivity contribution in [1.82, 2.24) is 19.9 Å². The van der Waals surface area contributed by atoms with Crippen LogP contribution in [0, 0.1) is 6.92 Å². The molecule has 156 valence electrons. The topological polar surface area (TPSA) is 89.9 Å². The number of rotatable bonds is 6. The monoisotopic (exact) mass is 451 g/mol. The van der Waals surface area contributed by atoms with Gasteiger partial charge in [-0.15, -0.1) is 0 Å². The maximum atomic E-state index is 12.3. The number of anilines is 1. The van der Waals surface area contributed by atoms with Gasteiger partial charge >= 0.3 is 0 Å². The molecule has 7 nitrogen and oxygen atoms in total. The van der Waals surface area contributed by atoms with Gasteiger partial charge in [-0.2, -0.15) is 0 Å². The van der Waals surface area contributed by atoms with Gasteiger partial charge in [-0.25, -0.2) is 19.9 Å². The van der Waals surface area contributed by atoms with E-state index in [9.17, 15) is 4.79 Å². The predicted octanol–water partition coefficient (Wildman–Crippen LogP) is 4.79. The van der Waals surface area contributed by atoms with Crippen LogP contribution in [-0.4, -0.2) is 38.7 Å². The first-order chi connectivity index (χ1) is 15.0. The Bertz CT molecular complexity index is 1250. The lowest BCUT2D eigenvalue weighted by Gasteiger charge is -2.08. The van der Waals surface area contributed by atoms with Gasteiger partial charge in [0.15, 0.2) is 11.5 Å². The summed E-state index contributed by atoms with van der Waals surface area (Å²) in [4.78, 5) is 29.9. The number of benzene rings is 2. The van der Waals surface area contributed by atoms with E-state index in [4.69, 9.17) is 16.3 Å². The van der Waals surface area contributed by atoms with E-state index >= 15 is 0 Å². The lowest BCUT2D eigenvalue weighted by molar-refractivity contribution is -0.113. The van der Waals surface area contributed by atoms with Gasteiger partial charge in [-0.3, -0.25) is 4.79 Å². The van der Waals surface area contributed by atoms with E-state index < -0.39 is 0 Å². The highest BCUT2D eigenvalue weighted by molar-refractivity contribution is 8.00. The zero-order valence-electron chi connectivity index (χ0n) is 16.8. The molecule has 0 aliphatic rings. The number of halogens is 1. The number of thioether (sulfide) groups is 1. The smallest absolute Gasteiger partial charge is 0.234 e. The largest absolute Gasteiger partial charge is 0.497 e. The van der Waals surface area contributed by atoms with Gasteiger partial charge < -0.3 is 10.1 Å². The molecule has 0 aliphatic carbocycles. The molecule has 0 spiro atoms. The van der Waals surface area contributed by atoms with E-state index in [0.29, 0.717) is 32.6 Å². The Hall–Kier alpha value is -3.23. The number of aryl methyl sites for hydroxylation is 1. The zero-order chi connectivity index (χ0) is 21.8. The maximum absolute atomic E-state index is 12.3. The number of nitrogens with zero attached hydrogens (tertiary/aromatic N) is 4. The number of carbonyl (C=O) groups is 1. The molecule has 1 amide bonds. The summed E-state index contributed by atoms with van der Waals surface area (Å²) in [6, 6.07) is 12.9. The SMILES string of the molecule is COc1ccc(-c2ncc3c(SCC(=O)Nc4ccc(C)c(Cl)c4)ncnc3n2)cc1. The van der Waals surface area contributed by atoms with Crippen LogP contribution in [-0.2, 0) is 4.79 Å². The molecular weight excluding hydrogens is 434 g/mol. The Morgan fingerprint density at radius 3 is 2.68 bits per heavy atom. The third-order valence-electron chi connectivity index (χ3n) is 4.50. The first-order valence-corrected chi connectivity index (χ1v) is 10.7. The highest BCUT2D eigenvalue weighted by atomic mass is 35.5. The normalized spacial score (nSPS) is 10.8. The molecule has 2 aromatic carbocycles. The van der Waals surface area contributed by atoms with Gasteiger partial charge in [-0.1, -0.05) is 29.4 Å². The lowest BCUT2D eigenvalue weighted by Crippen LogP contribution is -2.14. The summed E-state index contributed by atoms with van der Waals surface area (Å²) in [5.41, 5.74) is 2.98. The minimum atomic E-state index is -0.160. The van der Waals surface area contributed by atoms with E-state index in [0.717, 1.165) is 16.9 Å². The highest BCUT2D eigenvalue weighted by Gasteiger charge is 2.12. The van der Waals surface area contributed by atoms with E-state index in [2.05, 4.69) is 25.3 Å². The van der Waals surface area contributed by atoms with Crippen LogP contribution in [0.15, 0.2) is 60.0 Å². The third kappa shape index (κ3) is 4.92. The van der Waals surface area contributed by atoms with Crippen LogP contribution >= 0.6 is 23.4 Å². The lowest BCUT2D eigenvalue weighted by atomic mass is 10.2. The molecule has 0 aliphatic heterocycles. The summed E-state index contributed by atoms with van der Waals surface area (Å²) in [6.07, 6.45) is 3.12. The molecule has 2 heterocycles. The number of ether oxygens (including phenoxy) is 1. The molecule has 0 unspecified atom stereocenters. The minimum Gasteiger partial charge on any atom is -0.497 e. The Morgan fingerprint density at radius 2 is 1.94 bits per heavy atom. The molecule has 1 N–H and O–H groups in total. The van der Waals surface area contributed by atoms with Crippen LogP contribution in [0.2, 0.25) is 5.02 Å². The average molecular weight is 452 g/mol. The number of carbonyl (C=O) groups excluding carboxylic acids is 1. The van der Waals surface area contributed by atoms with E-state index in [1.54, 1.807) is 19.4 Å². The Balaban J connectivity index is 1.48. The number of fused-ring (bicyclic) bond motifs is 1. The van der Waals surface area contributed by atoms with Gasteiger partial charge in [0.25, 0.3) is 0 Å². The quantitative estimate of drug-likeness (QED) is 0.333. The summed E-state index contributed by atoms with van der Waals surface area (Å²) < 4.78 is 5.18. The average Bonchev–Trinajstić information content (AvgIpc) is 2.79. The van der Waals surface area contributed by atoms with Crippen LogP contribution in [0.4, 0.5) is 5.69 Å². The van der Waals surface area contributed by atoms with Crippen LogP contribution in [0.3, 0.4) is 0 Å². The summed E-state index contributed by atoms with van der Waals surface area (Å²) in [7, 11) is 1.62.